The fourth-order valence-electron chi connectivity index (χ4n) is 7.25. The minimum atomic E-state index is -0.610. The Labute approximate surface area is 297 Å². The van der Waals surface area contributed by atoms with Crippen LogP contribution in [0.4, 0.5) is 5.69 Å². The van der Waals surface area contributed by atoms with E-state index in [2.05, 4.69) is 40.2 Å². The molecule has 262 valence electrons. The summed E-state index contributed by atoms with van der Waals surface area (Å²) in [5, 5.41) is 12.3. The van der Waals surface area contributed by atoms with Crippen LogP contribution in [0.5, 0.6) is 11.5 Å². The maximum absolute atomic E-state index is 13.1. The van der Waals surface area contributed by atoms with Crippen LogP contribution in [0.15, 0.2) is 97.1 Å². The highest BCUT2D eigenvalue weighted by atomic mass is 17.2. The van der Waals surface area contributed by atoms with Gasteiger partial charge in [0.1, 0.15) is 18.4 Å². The Morgan fingerprint density at radius 2 is 1.55 bits per heavy atom. The molecule has 0 aliphatic carbocycles. The maximum Gasteiger partial charge on any atom is 0.255 e. The average Bonchev–Trinajstić information content (AvgIpc) is 3.48. The minimum absolute atomic E-state index is 0.154. The first-order chi connectivity index (χ1) is 24.9. The number of hydrogen-bond donors (Lipinski definition) is 2. The average molecular weight is 687 g/mol. The molecule has 4 aromatic carbocycles. The van der Waals surface area contributed by atoms with E-state index in [1.54, 1.807) is 17.0 Å². The summed E-state index contributed by atoms with van der Waals surface area (Å²) in [6.45, 7) is 7.09. The van der Waals surface area contributed by atoms with E-state index in [9.17, 15) is 19.5 Å². The molecule has 2 N–H and O–H groups in total. The number of allylic oxidation sites excluding steroid dienone is 1. The SMILES string of the molecule is CC/C(=C(\c1ccc(O)cc1)c1ccc(OOCCN2CCN(c3ccc4c(c3)CN(C3CCC(=O)NC3=O)C4=O)CC2)cc1)c1ccccc1. The van der Waals surface area contributed by atoms with Crippen molar-refractivity contribution in [1.82, 2.24) is 15.1 Å². The van der Waals surface area contributed by atoms with Crippen molar-refractivity contribution in [3.05, 3.63) is 125 Å². The molecule has 0 spiro atoms. The molecule has 0 aromatic heterocycles. The van der Waals surface area contributed by atoms with Crippen molar-refractivity contribution in [2.24, 2.45) is 0 Å². The second kappa shape index (κ2) is 15.2. The molecule has 3 aliphatic rings. The Balaban J connectivity index is 0.907. The fraction of sp³-hybridized carbons (Fsp3) is 0.293. The predicted octanol–water partition coefficient (Wildman–Crippen LogP) is 5.65. The van der Waals surface area contributed by atoms with Crippen molar-refractivity contribution < 1.29 is 29.3 Å². The smallest absolute Gasteiger partial charge is 0.255 e. The van der Waals surface area contributed by atoms with Crippen LogP contribution in [0.2, 0.25) is 0 Å². The number of rotatable bonds is 11. The van der Waals surface area contributed by atoms with Crippen molar-refractivity contribution in [2.45, 2.75) is 38.8 Å². The number of phenolic OH excluding ortho intramolecular Hbond substituents is 1. The lowest BCUT2D eigenvalue weighted by Crippen LogP contribution is -2.52. The van der Waals surface area contributed by atoms with Gasteiger partial charge in [-0.15, -0.1) is 0 Å². The molecule has 2 fully saturated rings. The normalized spacial score (nSPS) is 18.4. The van der Waals surface area contributed by atoms with Gasteiger partial charge in [-0.3, -0.25) is 24.6 Å². The Bertz CT molecular complexity index is 1920. The molecule has 0 bridgehead atoms. The number of piperidine rings is 1. The summed E-state index contributed by atoms with van der Waals surface area (Å²) in [6, 6.07) is 30.9. The lowest BCUT2D eigenvalue weighted by molar-refractivity contribution is -0.209. The van der Waals surface area contributed by atoms with Gasteiger partial charge in [-0.25, -0.2) is 0 Å². The molecular weight excluding hydrogens is 644 g/mol. The van der Waals surface area contributed by atoms with Gasteiger partial charge < -0.3 is 19.8 Å². The lowest BCUT2D eigenvalue weighted by atomic mass is 9.88. The van der Waals surface area contributed by atoms with Gasteiger partial charge in [0.05, 0.1) is 0 Å². The van der Waals surface area contributed by atoms with E-state index in [1.807, 2.05) is 66.7 Å². The van der Waals surface area contributed by atoms with E-state index in [0.29, 0.717) is 30.9 Å². The van der Waals surface area contributed by atoms with Crippen LogP contribution in [0, 0.1) is 0 Å². The number of nitrogens with zero attached hydrogens (tertiary/aromatic N) is 3. The number of aromatic hydroxyl groups is 1. The largest absolute Gasteiger partial charge is 0.508 e. The van der Waals surface area contributed by atoms with Crippen molar-refractivity contribution in [3.8, 4) is 11.5 Å². The molecule has 7 rings (SSSR count). The Hall–Kier alpha value is -5.45. The van der Waals surface area contributed by atoms with Crippen LogP contribution in [-0.4, -0.2) is 78.0 Å². The van der Waals surface area contributed by atoms with Crippen molar-refractivity contribution >= 4 is 34.6 Å². The quantitative estimate of drug-likeness (QED) is 0.0685. The van der Waals surface area contributed by atoms with Crippen molar-refractivity contribution in [1.29, 1.82) is 0 Å². The zero-order valence-electron chi connectivity index (χ0n) is 28.7. The number of imide groups is 1. The first kappa shape index (κ1) is 34.0. The third-order valence-electron chi connectivity index (χ3n) is 9.97. The van der Waals surface area contributed by atoms with E-state index in [-0.39, 0.29) is 24.0 Å². The van der Waals surface area contributed by atoms with E-state index < -0.39 is 11.9 Å². The van der Waals surface area contributed by atoms with Gasteiger partial charge in [-0.2, -0.15) is 4.89 Å². The summed E-state index contributed by atoms with van der Waals surface area (Å²) >= 11 is 0. The summed E-state index contributed by atoms with van der Waals surface area (Å²) < 4.78 is 0. The first-order valence-electron chi connectivity index (χ1n) is 17.6. The summed E-state index contributed by atoms with van der Waals surface area (Å²) in [7, 11) is 0. The van der Waals surface area contributed by atoms with Crippen molar-refractivity contribution in [3.63, 3.8) is 0 Å². The molecule has 10 heteroatoms. The van der Waals surface area contributed by atoms with Gasteiger partial charge in [0, 0.05) is 56.9 Å². The van der Waals surface area contributed by atoms with Crippen LogP contribution >= 0.6 is 0 Å². The lowest BCUT2D eigenvalue weighted by Gasteiger charge is -2.36. The molecule has 1 unspecified atom stereocenters. The first-order valence-corrected chi connectivity index (χ1v) is 17.6. The van der Waals surface area contributed by atoms with Crippen LogP contribution in [0.1, 0.15) is 58.8 Å². The number of hydrogen-bond acceptors (Lipinski definition) is 8. The maximum atomic E-state index is 13.1. The highest BCUT2D eigenvalue weighted by Crippen LogP contribution is 2.36. The standard InChI is InChI=1S/C41H42N4O6/c1-2-35(28-6-4-3-5-7-28)39(29-8-13-33(46)14-9-29)30-10-15-34(16-11-30)51-50-25-24-43-20-22-44(23-21-43)32-12-17-36-31(26-32)27-45(41(36)49)37-18-19-38(47)42-40(37)48/h3-17,26,37,46H,2,18-25,27H2,1H3,(H,42,47,48)/b39-35-. The monoisotopic (exact) mass is 686 g/mol. The molecule has 10 nitrogen and oxygen atoms in total. The van der Waals surface area contributed by atoms with Gasteiger partial charge >= 0.3 is 0 Å². The van der Waals surface area contributed by atoms with Gasteiger partial charge in [-0.1, -0.05) is 61.5 Å². The molecule has 3 aliphatic heterocycles. The molecular formula is C41H42N4O6. The zero-order chi connectivity index (χ0) is 35.3. The number of phenols is 1. The number of piperazine rings is 1. The van der Waals surface area contributed by atoms with Crippen LogP contribution in [-0.2, 0) is 21.0 Å². The van der Waals surface area contributed by atoms with Gasteiger partial charge in [0.25, 0.3) is 5.91 Å². The van der Waals surface area contributed by atoms with E-state index in [4.69, 9.17) is 9.78 Å². The fourth-order valence-corrected chi connectivity index (χ4v) is 7.25. The highest BCUT2D eigenvalue weighted by molar-refractivity contribution is 6.05. The van der Waals surface area contributed by atoms with E-state index >= 15 is 0 Å². The number of nitrogens with one attached hydrogen (secondary N) is 1. The Kier molecular flexibility index (Phi) is 10.1. The van der Waals surface area contributed by atoms with Crippen LogP contribution in [0.25, 0.3) is 11.1 Å². The predicted molar refractivity (Wildman–Crippen MR) is 195 cm³/mol. The third kappa shape index (κ3) is 7.52. The molecule has 3 amide bonds. The Morgan fingerprint density at radius 1 is 0.843 bits per heavy atom. The highest BCUT2D eigenvalue weighted by Gasteiger charge is 2.39. The van der Waals surface area contributed by atoms with E-state index in [0.717, 1.165) is 72.7 Å². The summed E-state index contributed by atoms with van der Waals surface area (Å²) in [4.78, 5) is 54.6. The number of amides is 3. The molecule has 0 radical (unpaired) electrons. The van der Waals surface area contributed by atoms with E-state index in [1.165, 1.54) is 5.57 Å². The van der Waals surface area contributed by atoms with Gasteiger partial charge in [0.15, 0.2) is 5.75 Å². The topological polar surface area (TPSA) is 112 Å². The minimum Gasteiger partial charge on any atom is -0.508 e. The van der Waals surface area contributed by atoms with Crippen molar-refractivity contribution in [2.75, 3.05) is 44.2 Å². The summed E-state index contributed by atoms with van der Waals surface area (Å²) in [5.41, 5.74) is 8.17. The number of anilines is 1. The number of carbonyl (C=O) groups is 3. The molecule has 51 heavy (non-hydrogen) atoms. The molecule has 0 saturated carbocycles. The second-order valence-corrected chi connectivity index (χ2v) is 13.1. The molecule has 3 heterocycles. The number of fused-ring (bicyclic) bond motifs is 1. The van der Waals surface area contributed by atoms with Crippen LogP contribution < -0.4 is 15.1 Å². The second-order valence-electron chi connectivity index (χ2n) is 13.1. The molecule has 4 aromatic rings. The third-order valence-corrected chi connectivity index (χ3v) is 9.97. The molecule has 1 atom stereocenters. The van der Waals surface area contributed by atoms with Gasteiger partial charge in [0.2, 0.25) is 11.8 Å². The zero-order valence-corrected chi connectivity index (χ0v) is 28.7. The van der Waals surface area contributed by atoms with Gasteiger partial charge in [-0.05, 0) is 88.7 Å². The summed E-state index contributed by atoms with van der Waals surface area (Å²) in [6.07, 6.45) is 1.44. The number of benzene rings is 4. The molecule has 2 saturated heterocycles. The number of carbonyl (C=O) groups excluding carboxylic acids is 3. The summed E-state index contributed by atoms with van der Waals surface area (Å²) in [5.74, 6) is 0.0225. The van der Waals surface area contributed by atoms with Crippen LogP contribution in [0.3, 0.4) is 0 Å². The Morgan fingerprint density at radius 3 is 2.24 bits per heavy atom.